The lowest BCUT2D eigenvalue weighted by atomic mass is 9.76. The number of ether oxygens (including phenoxy) is 1. The molecule has 2 fully saturated rings. The molecule has 6 nitrogen and oxygen atoms in total. The van der Waals surface area contributed by atoms with E-state index in [0.29, 0.717) is 19.4 Å². The molecule has 0 bridgehead atoms. The maximum absolute atomic E-state index is 13.4. The minimum Gasteiger partial charge on any atom is -0.377 e. The summed E-state index contributed by atoms with van der Waals surface area (Å²) in [6, 6.07) is 4.92. The van der Waals surface area contributed by atoms with Gasteiger partial charge in [-0.3, -0.25) is 4.79 Å². The number of halogens is 1. The molecule has 2 aliphatic heterocycles. The molecule has 0 aliphatic carbocycles. The molecular weight excluding hydrogens is 323 g/mol. The molecule has 2 saturated heterocycles. The van der Waals surface area contributed by atoms with E-state index in [1.807, 2.05) is 0 Å². The standard InChI is InChI=1S/C15H19FN2O4S/c1-17-14(19)15-6-8-22-13(15)5-7-18(10-15)23(20,21)12-4-2-3-11(16)9-12/h2-4,9,13H,5-8,10H2,1H3,(H,17,19)/t13-,15-/m1/s1. The van der Waals surface area contributed by atoms with Gasteiger partial charge < -0.3 is 10.1 Å². The van der Waals surface area contributed by atoms with Crippen molar-refractivity contribution in [1.29, 1.82) is 0 Å². The predicted octanol–water partition coefficient (Wildman–Crippen LogP) is 0.741. The molecular formula is C15H19FN2O4S. The number of rotatable bonds is 3. The average molecular weight is 342 g/mol. The van der Waals surface area contributed by atoms with Gasteiger partial charge in [-0.1, -0.05) is 6.07 Å². The lowest BCUT2D eigenvalue weighted by Gasteiger charge is -2.41. The molecule has 23 heavy (non-hydrogen) atoms. The van der Waals surface area contributed by atoms with Gasteiger partial charge in [0.15, 0.2) is 0 Å². The van der Waals surface area contributed by atoms with Gasteiger partial charge in [-0.05, 0) is 31.0 Å². The normalized spacial score (nSPS) is 28.3. The molecule has 2 aliphatic rings. The zero-order chi connectivity index (χ0) is 16.7. The van der Waals surface area contributed by atoms with Crippen molar-refractivity contribution in [1.82, 2.24) is 9.62 Å². The lowest BCUT2D eigenvalue weighted by Crippen LogP contribution is -2.57. The Morgan fingerprint density at radius 3 is 2.96 bits per heavy atom. The van der Waals surface area contributed by atoms with Crippen LogP contribution in [0.4, 0.5) is 4.39 Å². The molecule has 0 unspecified atom stereocenters. The van der Waals surface area contributed by atoms with Crippen LogP contribution in [0.1, 0.15) is 12.8 Å². The highest BCUT2D eigenvalue weighted by molar-refractivity contribution is 7.89. The largest absolute Gasteiger partial charge is 0.377 e. The molecule has 0 saturated carbocycles. The van der Waals surface area contributed by atoms with Crippen LogP contribution in [0.25, 0.3) is 0 Å². The second-order valence-electron chi connectivity index (χ2n) is 5.93. The van der Waals surface area contributed by atoms with Gasteiger partial charge >= 0.3 is 0 Å². The molecule has 1 aromatic carbocycles. The van der Waals surface area contributed by atoms with E-state index in [1.165, 1.54) is 29.6 Å². The Bertz CT molecular complexity index is 724. The van der Waals surface area contributed by atoms with Crippen LogP contribution in [0.2, 0.25) is 0 Å². The topological polar surface area (TPSA) is 75.7 Å². The summed E-state index contributed by atoms with van der Waals surface area (Å²) >= 11 is 0. The average Bonchev–Trinajstić information content (AvgIpc) is 2.98. The monoisotopic (exact) mass is 342 g/mol. The van der Waals surface area contributed by atoms with Crippen LogP contribution in [0.15, 0.2) is 29.2 Å². The second-order valence-corrected chi connectivity index (χ2v) is 7.87. The van der Waals surface area contributed by atoms with Crippen molar-refractivity contribution in [2.45, 2.75) is 23.8 Å². The highest BCUT2D eigenvalue weighted by Gasteiger charge is 2.54. The summed E-state index contributed by atoms with van der Waals surface area (Å²) in [6.45, 7) is 0.740. The predicted molar refractivity (Wildman–Crippen MR) is 80.6 cm³/mol. The van der Waals surface area contributed by atoms with Crippen LogP contribution in [0.5, 0.6) is 0 Å². The van der Waals surface area contributed by atoms with Crippen LogP contribution in [0.3, 0.4) is 0 Å². The Morgan fingerprint density at radius 2 is 2.26 bits per heavy atom. The summed E-state index contributed by atoms with van der Waals surface area (Å²) in [5.74, 6) is -0.815. The highest BCUT2D eigenvalue weighted by Crippen LogP contribution is 2.42. The van der Waals surface area contributed by atoms with E-state index in [4.69, 9.17) is 4.74 Å². The van der Waals surface area contributed by atoms with Crippen molar-refractivity contribution in [2.24, 2.45) is 5.41 Å². The quantitative estimate of drug-likeness (QED) is 0.879. The van der Waals surface area contributed by atoms with E-state index in [2.05, 4.69) is 5.32 Å². The van der Waals surface area contributed by atoms with Gasteiger partial charge in [0.1, 0.15) is 5.82 Å². The van der Waals surface area contributed by atoms with Crippen LogP contribution in [-0.2, 0) is 19.6 Å². The van der Waals surface area contributed by atoms with Crippen molar-refractivity contribution in [3.05, 3.63) is 30.1 Å². The first-order valence-corrected chi connectivity index (χ1v) is 8.94. The Hall–Kier alpha value is -1.51. The maximum Gasteiger partial charge on any atom is 0.243 e. The summed E-state index contributed by atoms with van der Waals surface area (Å²) in [7, 11) is -2.31. The molecule has 0 spiro atoms. The number of piperidine rings is 1. The Morgan fingerprint density at radius 1 is 1.48 bits per heavy atom. The van der Waals surface area contributed by atoms with Crippen molar-refractivity contribution in [3.63, 3.8) is 0 Å². The number of hydrogen-bond acceptors (Lipinski definition) is 4. The molecule has 1 aromatic rings. The Labute approximate surface area is 134 Å². The molecule has 3 rings (SSSR count). The van der Waals surface area contributed by atoms with E-state index < -0.39 is 21.3 Å². The van der Waals surface area contributed by atoms with Crippen molar-refractivity contribution in [3.8, 4) is 0 Å². The van der Waals surface area contributed by atoms with Crippen molar-refractivity contribution in [2.75, 3.05) is 26.7 Å². The number of benzene rings is 1. The first-order valence-electron chi connectivity index (χ1n) is 7.50. The molecule has 1 amide bonds. The number of sulfonamides is 1. The number of nitrogens with one attached hydrogen (secondary N) is 1. The van der Waals surface area contributed by atoms with Gasteiger partial charge in [0, 0.05) is 26.7 Å². The van der Waals surface area contributed by atoms with E-state index in [0.717, 1.165) is 6.07 Å². The van der Waals surface area contributed by atoms with E-state index in [9.17, 15) is 17.6 Å². The number of hydrogen-bond donors (Lipinski definition) is 1. The molecule has 126 valence electrons. The number of carbonyl (C=O) groups is 1. The number of amides is 1. The molecule has 0 aromatic heterocycles. The molecule has 8 heteroatoms. The van der Waals surface area contributed by atoms with Crippen molar-refractivity contribution < 1.29 is 22.3 Å². The number of fused-ring (bicyclic) bond motifs is 1. The first kappa shape index (κ1) is 16.4. The number of nitrogens with zero attached hydrogens (tertiary/aromatic N) is 1. The van der Waals surface area contributed by atoms with Gasteiger partial charge in [-0.25, -0.2) is 12.8 Å². The molecule has 0 radical (unpaired) electrons. The zero-order valence-electron chi connectivity index (χ0n) is 12.8. The minimum atomic E-state index is -3.85. The fourth-order valence-corrected chi connectivity index (χ4v) is 5.02. The summed E-state index contributed by atoms with van der Waals surface area (Å²) in [4.78, 5) is 12.3. The molecule has 2 heterocycles. The molecule has 2 atom stereocenters. The van der Waals surface area contributed by atoms with Crippen LogP contribution in [-0.4, -0.2) is 51.5 Å². The fourth-order valence-electron chi connectivity index (χ4n) is 3.46. The summed E-state index contributed by atoms with van der Waals surface area (Å²) in [6.07, 6.45) is 0.649. The first-order chi connectivity index (χ1) is 10.9. The molecule has 1 N–H and O–H groups in total. The Balaban J connectivity index is 1.94. The van der Waals surface area contributed by atoms with Gasteiger partial charge in [-0.2, -0.15) is 4.31 Å². The third-order valence-corrected chi connectivity index (χ3v) is 6.54. The van der Waals surface area contributed by atoms with E-state index in [1.54, 1.807) is 0 Å². The summed E-state index contributed by atoms with van der Waals surface area (Å²) in [5.41, 5.74) is -0.868. The third kappa shape index (κ3) is 2.64. The third-order valence-electron chi connectivity index (χ3n) is 4.70. The second kappa shape index (κ2) is 5.85. The Kier molecular flexibility index (Phi) is 4.16. The van der Waals surface area contributed by atoms with E-state index >= 15 is 0 Å². The van der Waals surface area contributed by atoms with Crippen LogP contribution < -0.4 is 5.32 Å². The van der Waals surface area contributed by atoms with Gasteiger partial charge in [-0.15, -0.1) is 0 Å². The van der Waals surface area contributed by atoms with E-state index in [-0.39, 0.29) is 30.0 Å². The van der Waals surface area contributed by atoms with Gasteiger partial charge in [0.05, 0.1) is 16.4 Å². The summed E-state index contributed by atoms with van der Waals surface area (Å²) in [5, 5.41) is 2.62. The summed E-state index contributed by atoms with van der Waals surface area (Å²) < 4.78 is 45.8. The van der Waals surface area contributed by atoms with Crippen LogP contribution in [0, 0.1) is 11.2 Å². The smallest absolute Gasteiger partial charge is 0.243 e. The lowest BCUT2D eigenvalue weighted by molar-refractivity contribution is -0.136. The SMILES string of the molecule is CNC(=O)[C@@]12CCO[C@@H]1CCN(S(=O)(=O)c1cccc(F)c1)C2. The fraction of sp³-hybridized carbons (Fsp3) is 0.533. The number of carbonyl (C=O) groups excluding carboxylic acids is 1. The van der Waals surface area contributed by atoms with Gasteiger partial charge in [0.25, 0.3) is 0 Å². The highest BCUT2D eigenvalue weighted by atomic mass is 32.2. The van der Waals surface area contributed by atoms with Gasteiger partial charge in [0.2, 0.25) is 15.9 Å². The maximum atomic E-state index is 13.4. The minimum absolute atomic E-state index is 0.0518. The van der Waals surface area contributed by atoms with Crippen LogP contribution >= 0.6 is 0 Å². The zero-order valence-corrected chi connectivity index (χ0v) is 13.6. The van der Waals surface area contributed by atoms with Crippen molar-refractivity contribution >= 4 is 15.9 Å².